The second kappa shape index (κ2) is 4.49. The van der Waals surface area contributed by atoms with E-state index in [9.17, 15) is 4.79 Å². The highest BCUT2D eigenvalue weighted by Crippen LogP contribution is 2.22. The quantitative estimate of drug-likeness (QED) is 0.758. The second-order valence-corrected chi connectivity index (χ2v) is 4.18. The molecule has 4 nitrogen and oxygen atoms in total. The maximum Gasteiger partial charge on any atom is 0.250 e. The Morgan fingerprint density at radius 1 is 1.00 bits per heavy atom. The molecule has 19 heavy (non-hydrogen) atoms. The molecule has 3 rings (SSSR count). The van der Waals surface area contributed by atoms with Crippen LogP contribution in [0.25, 0.3) is 22.2 Å². The van der Waals surface area contributed by atoms with Crippen molar-refractivity contribution in [3.63, 3.8) is 0 Å². The first-order chi connectivity index (χ1) is 9.25. The van der Waals surface area contributed by atoms with Gasteiger partial charge in [-0.3, -0.25) is 14.8 Å². The van der Waals surface area contributed by atoms with Gasteiger partial charge in [0.2, 0.25) is 0 Å². The Bertz CT molecular complexity index is 768. The fourth-order valence-electron chi connectivity index (χ4n) is 2.02. The average molecular weight is 249 g/mol. The molecule has 0 saturated heterocycles. The summed E-state index contributed by atoms with van der Waals surface area (Å²) >= 11 is 0. The normalized spacial score (nSPS) is 10.5. The first kappa shape index (κ1) is 11.3. The first-order valence-corrected chi connectivity index (χ1v) is 5.86. The Morgan fingerprint density at radius 2 is 1.79 bits per heavy atom. The van der Waals surface area contributed by atoms with Crippen LogP contribution in [0.3, 0.4) is 0 Å². The molecule has 2 heterocycles. The fraction of sp³-hybridized carbons (Fsp3) is 0. The van der Waals surface area contributed by atoms with E-state index < -0.39 is 5.91 Å². The summed E-state index contributed by atoms with van der Waals surface area (Å²) in [6.07, 6.45) is 3.39. The van der Waals surface area contributed by atoms with Crippen molar-refractivity contribution in [3.8, 4) is 11.4 Å². The predicted molar refractivity (Wildman–Crippen MR) is 73.5 cm³/mol. The zero-order valence-electron chi connectivity index (χ0n) is 10.1. The number of carbonyl (C=O) groups is 1. The van der Waals surface area contributed by atoms with Crippen LogP contribution >= 0.6 is 0 Å². The van der Waals surface area contributed by atoms with Crippen molar-refractivity contribution in [1.29, 1.82) is 0 Å². The number of hydrogen-bond donors (Lipinski definition) is 1. The van der Waals surface area contributed by atoms with E-state index in [0.717, 1.165) is 10.8 Å². The summed E-state index contributed by atoms with van der Waals surface area (Å²) in [7, 11) is 0. The molecular formula is C15H11N3O. The first-order valence-electron chi connectivity index (χ1n) is 5.86. The summed E-state index contributed by atoms with van der Waals surface area (Å²) in [6, 6.07) is 13.1. The Labute approximate surface area is 109 Å². The van der Waals surface area contributed by atoms with Crippen molar-refractivity contribution in [2.75, 3.05) is 0 Å². The summed E-state index contributed by atoms with van der Waals surface area (Å²) in [5.41, 5.74) is 6.90. The highest BCUT2D eigenvalue weighted by atomic mass is 16.1. The van der Waals surface area contributed by atoms with E-state index in [1.165, 1.54) is 0 Å². The fourth-order valence-corrected chi connectivity index (χ4v) is 2.02. The minimum Gasteiger partial charge on any atom is -0.366 e. The van der Waals surface area contributed by atoms with Crippen molar-refractivity contribution in [2.24, 2.45) is 5.73 Å². The monoisotopic (exact) mass is 249 g/mol. The molecule has 92 valence electrons. The maximum atomic E-state index is 11.4. The minimum absolute atomic E-state index is 0.380. The lowest BCUT2D eigenvalue weighted by atomic mass is 10.1. The number of benzene rings is 1. The molecule has 0 unspecified atom stereocenters. The minimum atomic E-state index is -0.502. The predicted octanol–water partition coefficient (Wildman–Crippen LogP) is 2.40. The molecule has 0 fully saturated rings. The molecule has 1 aromatic carbocycles. The van der Waals surface area contributed by atoms with E-state index in [1.54, 1.807) is 24.5 Å². The van der Waals surface area contributed by atoms with Crippen molar-refractivity contribution in [3.05, 3.63) is 60.4 Å². The third kappa shape index (κ3) is 2.04. The van der Waals surface area contributed by atoms with Crippen molar-refractivity contribution < 1.29 is 4.79 Å². The summed E-state index contributed by atoms with van der Waals surface area (Å²) in [6.45, 7) is 0. The lowest BCUT2D eigenvalue weighted by molar-refractivity contribution is 0.100. The number of nitrogens with zero attached hydrogens (tertiary/aromatic N) is 2. The van der Waals surface area contributed by atoms with Gasteiger partial charge in [-0.1, -0.05) is 24.3 Å². The number of aromatic nitrogens is 2. The number of pyridine rings is 2. The van der Waals surface area contributed by atoms with Gasteiger partial charge >= 0.3 is 0 Å². The van der Waals surface area contributed by atoms with Gasteiger partial charge in [0.25, 0.3) is 5.91 Å². The van der Waals surface area contributed by atoms with Gasteiger partial charge in [-0.25, -0.2) is 0 Å². The van der Waals surface area contributed by atoms with Gasteiger partial charge < -0.3 is 5.73 Å². The molecular weight excluding hydrogens is 238 g/mol. The summed E-state index contributed by atoms with van der Waals surface area (Å²) in [5.74, 6) is -0.502. The second-order valence-electron chi connectivity index (χ2n) is 4.18. The van der Waals surface area contributed by atoms with Crippen molar-refractivity contribution >= 4 is 16.7 Å². The molecule has 0 aliphatic heterocycles. The topological polar surface area (TPSA) is 68.9 Å². The van der Waals surface area contributed by atoms with E-state index >= 15 is 0 Å². The maximum absolute atomic E-state index is 11.4. The number of carbonyl (C=O) groups excluding carboxylic acids is 1. The summed E-state index contributed by atoms with van der Waals surface area (Å²) in [4.78, 5) is 20.0. The van der Waals surface area contributed by atoms with E-state index in [1.807, 2.05) is 30.3 Å². The number of fused-ring (bicyclic) bond motifs is 1. The summed E-state index contributed by atoms with van der Waals surface area (Å²) < 4.78 is 0. The molecule has 0 saturated carbocycles. The Balaban J connectivity index is 2.22. The highest BCUT2D eigenvalue weighted by molar-refractivity contribution is 5.99. The van der Waals surface area contributed by atoms with Gasteiger partial charge in [0, 0.05) is 17.8 Å². The number of hydrogen-bond acceptors (Lipinski definition) is 3. The number of nitrogens with two attached hydrogens (primary N) is 1. The van der Waals surface area contributed by atoms with Gasteiger partial charge in [0.05, 0.1) is 11.3 Å². The highest BCUT2D eigenvalue weighted by Gasteiger charge is 2.12. The van der Waals surface area contributed by atoms with Crippen LogP contribution in [0.4, 0.5) is 0 Å². The number of primary amides is 1. The van der Waals surface area contributed by atoms with Gasteiger partial charge in [0.1, 0.15) is 5.69 Å². The van der Waals surface area contributed by atoms with Crippen LogP contribution in [0, 0.1) is 0 Å². The largest absolute Gasteiger partial charge is 0.366 e. The lowest BCUT2D eigenvalue weighted by Crippen LogP contribution is -2.13. The van der Waals surface area contributed by atoms with E-state index in [-0.39, 0.29) is 0 Å². The lowest BCUT2D eigenvalue weighted by Gasteiger charge is -2.05. The molecule has 0 radical (unpaired) electrons. The third-order valence-electron chi connectivity index (χ3n) is 2.95. The van der Waals surface area contributed by atoms with E-state index in [2.05, 4.69) is 9.97 Å². The Hall–Kier alpha value is -2.75. The average Bonchev–Trinajstić information content (AvgIpc) is 2.46. The zero-order valence-corrected chi connectivity index (χ0v) is 10.1. The molecule has 2 N–H and O–H groups in total. The molecule has 0 aliphatic rings. The van der Waals surface area contributed by atoms with Crippen LogP contribution in [0.5, 0.6) is 0 Å². The van der Waals surface area contributed by atoms with Crippen LogP contribution in [0.1, 0.15) is 10.4 Å². The van der Waals surface area contributed by atoms with E-state index in [0.29, 0.717) is 17.0 Å². The van der Waals surface area contributed by atoms with Crippen LogP contribution in [0.15, 0.2) is 54.9 Å². The molecule has 0 aliphatic carbocycles. The van der Waals surface area contributed by atoms with Crippen LogP contribution in [-0.4, -0.2) is 15.9 Å². The molecule has 0 bridgehead atoms. The molecule has 2 aromatic heterocycles. The van der Waals surface area contributed by atoms with Crippen LogP contribution in [0.2, 0.25) is 0 Å². The van der Waals surface area contributed by atoms with Crippen molar-refractivity contribution in [2.45, 2.75) is 0 Å². The molecule has 3 aromatic rings. The molecule has 4 heteroatoms. The number of rotatable bonds is 2. The number of amides is 1. The van der Waals surface area contributed by atoms with Gasteiger partial charge in [-0.2, -0.15) is 0 Å². The van der Waals surface area contributed by atoms with Crippen LogP contribution in [-0.2, 0) is 0 Å². The van der Waals surface area contributed by atoms with E-state index in [4.69, 9.17) is 5.73 Å². The SMILES string of the molecule is NC(=O)c1cccnc1-c1cc2ccccc2cn1. The zero-order chi connectivity index (χ0) is 13.2. The van der Waals surface area contributed by atoms with Gasteiger partial charge in [-0.15, -0.1) is 0 Å². The Morgan fingerprint density at radius 3 is 2.58 bits per heavy atom. The standard InChI is InChI=1S/C15H11N3O/c16-15(19)12-6-3-7-17-14(12)13-8-10-4-1-2-5-11(10)9-18-13/h1-9H,(H2,16,19). The molecule has 0 spiro atoms. The third-order valence-corrected chi connectivity index (χ3v) is 2.95. The van der Waals surface area contributed by atoms with Gasteiger partial charge in [0.15, 0.2) is 0 Å². The van der Waals surface area contributed by atoms with Gasteiger partial charge in [-0.05, 0) is 23.6 Å². The van der Waals surface area contributed by atoms with Crippen LogP contribution < -0.4 is 5.73 Å². The summed E-state index contributed by atoms with van der Waals surface area (Å²) in [5, 5.41) is 2.09. The Kier molecular flexibility index (Phi) is 2.68. The molecule has 0 atom stereocenters. The molecule has 1 amide bonds. The van der Waals surface area contributed by atoms with Crippen molar-refractivity contribution in [1.82, 2.24) is 9.97 Å². The smallest absolute Gasteiger partial charge is 0.250 e.